The van der Waals surface area contributed by atoms with E-state index in [-0.39, 0.29) is 29.1 Å². The van der Waals surface area contributed by atoms with Crippen LogP contribution in [0.1, 0.15) is 27.3 Å². The smallest absolute Gasteiger partial charge is 0.341 e. The van der Waals surface area contributed by atoms with Gasteiger partial charge in [0.15, 0.2) is 5.65 Å². The average Bonchev–Trinajstić information content (AvgIpc) is 3.38. The minimum atomic E-state index is -1.32. The number of Topliss-reactive ketones (excluding diaryl/α,β-unsaturated/α-hetero) is 1. The predicted molar refractivity (Wildman–Crippen MR) is 120 cm³/mol. The topological polar surface area (TPSA) is 147 Å². The van der Waals surface area contributed by atoms with Crippen LogP contribution in [0.25, 0.3) is 16.2 Å². The van der Waals surface area contributed by atoms with E-state index in [9.17, 15) is 19.5 Å². The Morgan fingerprint density at radius 1 is 1.27 bits per heavy atom. The molecule has 0 saturated carbocycles. The van der Waals surface area contributed by atoms with E-state index in [2.05, 4.69) is 24.5 Å². The van der Waals surface area contributed by atoms with E-state index in [0.29, 0.717) is 35.2 Å². The Bertz CT molecular complexity index is 1450. The molecule has 1 aliphatic rings. The first-order chi connectivity index (χ1) is 15.8. The maximum absolute atomic E-state index is 12.9. The number of hydrogen-bond donors (Lipinski definition) is 2. The van der Waals surface area contributed by atoms with Gasteiger partial charge in [-0.3, -0.25) is 19.3 Å². The first kappa shape index (κ1) is 20.9. The van der Waals surface area contributed by atoms with Crippen molar-refractivity contribution in [1.82, 2.24) is 29.1 Å². The molecular formula is C21H19N7O4S. The Balaban J connectivity index is 1.48. The Kier molecular flexibility index (Phi) is 5.01. The van der Waals surface area contributed by atoms with E-state index in [0.717, 1.165) is 22.9 Å². The molecule has 0 bridgehead atoms. The summed E-state index contributed by atoms with van der Waals surface area (Å²) in [5.74, 6) is -0.716. The summed E-state index contributed by atoms with van der Waals surface area (Å²) in [7, 11) is 0. The zero-order valence-corrected chi connectivity index (χ0v) is 18.6. The highest BCUT2D eigenvalue weighted by atomic mass is 32.1. The standard InChI is InChI=1S/C21H19N7O4S/c1-10-3-16(27-6-12(7-27)15(29)5-13-4-11(2)25-26-13)24-19-17(10)18(30)14(20(31)32)8-28(19)21-22-9-23-33-21/h3-4,8-9,12H,5-7H2,1-2H3,(H,25,26)(H,31,32). The Morgan fingerprint density at radius 2 is 2.06 bits per heavy atom. The molecule has 1 saturated heterocycles. The number of hydrogen-bond acceptors (Lipinski definition) is 9. The van der Waals surface area contributed by atoms with Crippen LogP contribution in [0.3, 0.4) is 0 Å². The fraction of sp³-hybridized carbons (Fsp3) is 0.286. The van der Waals surface area contributed by atoms with Crippen molar-refractivity contribution in [3.63, 3.8) is 0 Å². The second-order valence-electron chi connectivity index (χ2n) is 8.05. The molecule has 0 radical (unpaired) electrons. The summed E-state index contributed by atoms with van der Waals surface area (Å²) in [6.07, 6.45) is 2.87. The molecule has 0 unspecified atom stereocenters. The van der Waals surface area contributed by atoms with Crippen molar-refractivity contribution < 1.29 is 14.7 Å². The largest absolute Gasteiger partial charge is 0.477 e. The molecule has 4 aromatic rings. The molecule has 0 spiro atoms. The van der Waals surface area contributed by atoms with Gasteiger partial charge in [0.2, 0.25) is 10.6 Å². The van der Waals surface area contributed by atoms with E-state index in [4.69, 9.17) is 0 Å². The van der Waals surface area contributed by atoms with Crippen molar-refractivity contribution in [2.45, 2.75) is 20.3 Å². The van der Waals surface area contributed by atoms with Crippen molar-refractivity contribution in [1.29, 1.82) is 0 Å². The number of ketones is 1. The number of carbonyl (C=O) groups is 2. The number of carboxylic acids is 1. The van der Waals surface area contributed by atoms with Crippen LogP contribution in [-0.2, 0) is 11.2 Å². The van der Waals surface area contributed by atoms with E-state index in [1.165, 1.54) is 17.1 Å². The lowest BCUT2D eigenvalue weighted by Crippen LogP contribution is -2.51. The molecule has 1 fully saturated rings. The van der Waals surface area contributed by atoms with Crippen molar-refractivity contribution in [2.75, 3.05) is 18.0 Å². The molecule has 0 aromatic carbocycles. The highest BCUT2D eigenvalue weighted by Crippen LogP contribution is 2.29. The van der Waals surface area contributed by atoms with Gasteiger partial charge in [0.1, 0.15) is 23.5 Å². The number of nitrogens with one attached hydrogen (secondary N) is 1. The summed E-state index contributed by atoms with van der Waals surface area (Å²) in [6, 6.07) is 3.61. The van der Waals surface area contributed by atoms with Gasteiger partial charge in [-0.1, -0.05) is 0 Å². The van der Waals surface area contributed by atoms with Gasteiger partial charge < -0.3 is 10.0 Å². The van der Waals surface area contributed by atoms with Gasteiger partial charge in [-0.25, -0.2) is 14.8 Å². The normalized spacial score (nSPS) is 13.9. The molecule has 12 heteroatoms. The lowest BCUT2D eigenvalue weighted by molar-refractivity contribution is -0.123. The number of carboxylic acid groups (broad SMARTS) is 1. The lowest BCUT2D eigenvalue weighted by atomic mass is 9.92. The van der Waals surface area contributed by atoms with Crippen molar-refractivity contribution in [2.24, 2.45) is 5.92 Å². The van der Waals surface area contributed by atoms with Crippen LogP contribution in [-0.4, -0.2) is 59.1 Å². The average molecular weight is 465 g/mol. The summed E-state index contributed by atoms with van der Waals surface area (Å²) in [5.41, 5.74) is 1.59. The second kappa shape index (κ2) is 7.89. The Labute approximate surface area is 190 Å². The first-order valence-electron chi connectivity index (χ1n) is 10.2. The third kappa shape index (κ3) is 3.67. The number of aromatic amines is 1. The van der Waals surface area contributed by atoms with Gasteiger partial charge in [0.05, 0.1) is 23.4 Å². The van der Waals surface area contributed by atoms with Crippen LogP contribution in [0.4, 0.5) is 5.82 Å². The van der Waals surface area contributed by atoms with E-state index >= 15 is 0 Å². The molecule has 11 nitrogen and oxygen atoms in total. The summed E-state index contributed by atoms with van der Waals surface area (Å²) < 4.78 is 5.46. The molecule has 5 rings (SSSR count). The fourth-order valence-corrected chi connectivity index (χ4v) is 4.48. The summed E-state index contributed by atoms with van der Waals surface area (Å²) in [4.78, 5) is 47.9. The highest BCUT2D eigenvalue weighted by molar-refractivity contribution is 7.08. The number of aryl methyl sites for hydroxylation is 2. The Morgan fingerprint density at radius 3 is 2.70 bits per heavy atom. The zero-order chi connectivity index (χ0) is 23.3. The number of fused-ring (bicyclic) bond motifs is 1. The quantitative estimate of drug-likeness (QED) is 0.432. The van der Waals surface area contributed by atoms with Gasteiger partial charge in [0.25, 0.3) is 0 Å². The van der Waals surface area contributed by atoms with Gasteiger partial charge in [-0.15, -0.1) is 0 Å². The van der Waals surface area contributed by atoms with Crippen LogP contribution in [0.15, 0.2) is 29.5 Å². The first-order valence-corrected chi connectivity index (χ1v) is 10.9. The van der Waals surface area contributed by atoms with Crippen LogP contribution >= 0.6 is 11.5 Å². The van der Waals surface area contributed by atoms with E-state index < -0.39 is 11.4 Å². The van der Waals surface area contributed by atoms with Crippen LogP contribution < -0.4 is 10.3 Å². The third-order valence-electron chi connectivity index (χ3n) is 5.70. The number of nitrogens with zero attached hydrogens (tertiary/aromatic N) is 6. The lowest BCUT2D eigenvalue weighted by Gasteiger charge is -2.39. The molecule has 0 atom stereocenters. The molecule has 5 heterocycles. The highest BCUT2D eigenvalue weighted by Gasteiger charge is 2.34. The molecule has 0 amide bonds. The molecule has 168 valence electrons. The number of rotatable bonds is 6. The molecule has 33 heavy (non-hydrogen) atoms. The Hall–Kier alpha value is -3.93. The SMILES string of the molecule is Cc1cc(CC(=O)C2CN(c3cc(C)c4c(=O)c(C(=O)O)cn(-c5ncns5)c4n3)C2)n[nH]1. The number of carbonyl (C=O) groups excluding carboxylic acids is 1. The summed E-state index contributed by atoms with van der Waals surface area (Å²) in [5, 5.41) is 17.1. The van der Waals surface area contributed by atoms with E-state index in [1.54, 1.807) is 13.0 Å². The number of aromatic carboxylic acids is 1. The second-order valence-corrected chi connectivity index (χ2v) is 8.81. The molecule has 0 aliphatic carbocycles. The van der Waals surface area contributed by atoms with Crippen LogP contribution in [0.5, 0.6) is 0 Å². The monoisotopic (exact) mass is 465 g/mol. The number of anilines is 1. The molecule has 2 N–H and O–H groups in total. The predicted octanol–water partition coefficient (Wildman–Crippen LogP) is 1.52. The van der Waals surface area contributed by atoms with Crippen LogP contribution in [0.2, 0.25) is 0 Å². The maximum atomic E-state index is 12.9. The van der Waals surface area contributed by atoms with Crippen molar-refractivity contribution in [3.8, 4) is 5.13 Å². The van der Waals surface area contributed by atoms with Gasteiger partial charge in [0, 0.05) is 36.5 Å². The zero-order valence-electron chi connectivity index (χ0n) is 17.8. The number of pyridine rings is 2. The van der Waals surface area contributed by atoms with Gasteiger partial charge in [-0.2, -0.15) is 9.47 Å². The third-order valence-corrected chi connectivity index (χ3v) is 6.37. The van der Waals surface area contributed by atoms with E-state index in [1.807, 2.05) is 17.9 Å². The summed E-state index contributed by atoms with van der Waals surface area (Å²) in [6.45, 7) is 4.65. The minimum absolute atomic E-state index is 0.118. The minimum Gasteiger partial charge on any atom is -0.477 e. The van der Waals surface area contributed by atoms with Crippen LogP contribution in [0, 0.1) is 19.8 Å². The number of aromatic nitrogens is 6. The molecule has 1 aliphatic heterocycles. The molecule has 4 aromatic heterocycles. The molecular weight excluding hydrogens is 446 g/mol. The van der Waals surface area contributed by atoms with Crippen molar-refractivity contribution >= 4 is 40.1 Å². The van der Waals surface area contributed by atoms with Gasteiger partial charge >= 0.3 is 5.97 Å². The maximum Gasteiger partial charge on any atom is 0.341 e. The summed E-state index contributed by atoms with van der Waals surface area (Å²) >= 11 is 1.06. The fourth-order valence-electron chi connectivity index (χ4n) is 3.97. The van der Waals surface area contributed by atoms with Crippen molar-refractivity contribution in [3.05, 3.63) is 57.4 Å². The number of H-pyrrole nitrogens is 1. The van der Waals surface area contributed by atoms with Gasteiger partial charge in [-0.05, 0) is 31.5 Å².